The van der Waals surface area contributed by atoms with Crippen LogP contribution in [0.4, 0.5) is 14.5 Å². The van der Waals surface area contributed by atoms with Crippen molar-refractivity contribution in [3.8, 4) is 0 Å². The number of sulfonamides is 1. The van der Waals surface area contributed by atoms with Crippen LogP contribution >= 0.6 is 23.2 Å². The highest BCUT2D eigenvalue weighted by Gasteiger charge is 2.30. The molecule has 0 saturated heterocycles. The van der Waals surface area contributed by atoms with Gasteiger partial charge in [-0.25, -0.2) is 17.2 Å². The predicted octanol–water partition coefficient (Wildman–Crippen LogP) is 3.98. The number of carbonyl (C=O) groups excluding carboxylic acids is 2. The van der Waals surface area contributed by atoms with E-state index in [0.29, 0.717) is 21.0 Å². The van der Waals surface area contributed by atoms with E-state index in [1.165, 1.54) is 24.0 Å². The molecule has 0 spiro atoms. The molecule has 1 atom stereocenters. The van der Waals surface area contributed by atoms with Crippen molar-refractivity contribution in [3.05, 3.63) is 63.6 Å². The fourth-order valence-electron chi connectivity index (χ4n) is 3.08. The third-order valence-corrected chi connectivity index (χ3v) is 6.69. The van der Waals surface area contributed by atoms with E-state index in [9.17, 15) is 26.8 Å². The topological polar surface area (TPSA) is 86.8 Å². The fourth-order valence-corrected chi connectivity index (χ4v) is 4.24. The van der Waals surface area contributed by atoms with E-state index < -0.39 is 46.1 Å². The second kappa shape index (κ2) is 11.3. The summed E-state index contributed by atoms with van der Waals surface area (Å²) in [6, 6.07) is 5.98. The van der Waals surface area contributed by atoms with Crippen molar-refractivity contribution < 1.29 is 26.8 Å². The van der Waals surface area contributed by atoms with Gasteiger partial charge in [0.1, 0.15) is 12.6 Å². The Bertz CT molecular complexity index is 1180. The van der Waals surface area contributed by atoms with Crippen LogP contribution in [0.15, 0.2) is 36.4 Å². The summed E-state index contributed by atoms with van der Waals surface area (Å²) in [7, 11) is -4.07. The van der Waals surface area contributed by atoms with E-state index in [0.717, 1.165) is 18.4 Å². The first-order valence-electron chi connectivity index (χ1n) is 10.2. The summed E-state index contributed by atoms with van der Waals surface area (Å²) in [5.74, 6) is -3.63. The van der Waals surface area contributed by atoms with Crippen LogP contribution in [0, 0.1) is 11.6 Å². The maximum absolute atomic E-state index is 13.8. The summed E-state index contributed by atoms with van der Waals surface area (Å²) in [6.07, 6.45) is 0.833. The fraction of sp³-hybridized carbons (Fsp3) is 0.364. The molecule has 2 aromatic rings. The number of nitrogens with one attached hydrogen (secondary N) is 1. The molecule has 12 heteroatoms. The Morgan fingerprint density at radius 1 is 1.00 bits per heavy atom. The Morgan fingerprint density at radius 2 is 1.65 bits per heavy atom. The van der Waals surface area contributed by atoms with E-state index in [2.05, 4.69) is 5.32 Å². The molecule has 0 fully saturated rings. The van der Waals surface area contributed by atoms with Gasteiger partial charge in [-0.1, -0.05) is 29.3 Å². The van der Waals surface area contributed by atoms with Gasteiger partial charge in [0.05, 0.1) is 22.0 Å². The monoisotopic (exact) mass is 535 g/mol. The lowest BCUT2D eigenvalue weighted by Gasteiger charge is -2.32. The SMILES string of the molecule is CC(C)NC(=O)[C@H](C)N(Cc1ccc(Cl)c(Cl)c1)C(=O)CN(c1ccc(F)c(F)c1)S(C)(=O)=O. The molecule has 0 saturated carbocycles. The highest BCUT2D eigenvalue weighted by molar-refractivity contribution is 7.92. The molecule has 1 N–H and O–H groups in total. The van der Waals surface area contributed by atoms with Crippen LogP contribution in [0.3, 0.4) is 0 Å². The summed E-state index contributed by atoms with van der Waals surface area (Å²) in [5, 5.41) is 3.25. The molecule has 0 unspecified atom stereocenters. The summed E-state index contributed by atoms with van der Waals surface area (Å²) < 4.78 is 52.6. The molecule has 0 aliphatic carbocycles. The number of hydrogen-bond acceptors (Lipinski definition) is 4. The van der Waals surface area contributed by atoms with Crippen molar-refractivity contribution in [1.29, 1.82) is 0 Å². The highest BCUT2D eigenvalue weighted by Crippen LogP contribution is 2.25. The van der Waals surface area contributed by atoms with Gasteiger partial charge >= 0.3 is 0 Å². The van der Waals surface area contributed by atoms with Crippen LogP contribution in [0.5, 0.6) is 0 Å². The molecule has 2 rings (SSSR count). The van der Waals surface area contributed by atoms with Gasteiger partial charge in [-0.2, -0.15) is 0 Å². The predicted molar refractivity (Wildman–Crippen MR) is 128 cm³/mol. The normalized spacial score (nSPS) is 12.4. The number of amides is 2. The van der Waals surface area contributed by atoms with Gasteiger partial charge in [0.15, 0.2) is 11.6 Å². The van der Waals surface area contributed by atoms with Crippen LogP contribution in [0.25, 0.3) is 0 Å². The van der Waals surface area contributed by atoms with Gasteiger partial charge in [0.25, 0.3) is 0 Å². The number of benzene rings is 2. The Balaban J connectivity index is 2.43. The van der Waals surface area contributed by atoms with E-state index in [4.69, 9.17) is 23.2 Å². The molecule has 186 valence electrons. The Hall–Kier alpha value is -2.43. The molecular formula is C22H25Cl2F2N3O4S. The summed E-state index contributed by atoms with van der Waals surface area (Å²) >= 11 is 12.0. The number of anilines is 1. The smallest absolute Gasteiger partial charge is 0.244 e. The average Bonchev–Trinajstić information content (AvgIpc) is 2.72. The van der Waals surface area contributed by atoms with Crippen molar-refractivity contribution >= 4 is 50.7 Å². The minimum atomic E-state index is -4.07. The molecule has 0 aliphatic heterocycles. The standard InChI is InChI=1S/C22H25Cl2F2N3O4S/c1-13(2)27-22(31)14(3)28(11-15-5-7-17(23)18(24)9-15)21(30)12-29(34(4,32)33)16-6-8-19(25)20(26)10-16/h5-10,13-14H,11-12H2,1-4H3,(H,27,31)/t14-/m0/s1. The van der Waals surface area contributed by atoms with Crippen LogP contribution in [0.1, 0.15) is 26.3 Å². The summed E-state index contributed by atoms with van der Waals surface area (Å²) in [5.41, 5.74) is 0.314. The molecular weight excluding hydrogens is 511 g/mol. The Labute approximate surface area is 207 Å². The number of nitrogens with zero attached hydrogens (tertiary/aromatic N) is 2. The minimum Gasteiger partial charge on any atom is -0.352 e. The van der Waals surface area contributed by atoms with Crippen molar-refractivity contribution in [2.75, 3.05) is 17.1 Å². The van der Waals surface area contributed by atoms with Crippen LogP contribution < -0.4 is 9.62 Å². The Kier molecular flexibility index (Phi) is 9.27. The van der Waals surface area contributed by atoms with Crippen molar-refractivity contribution in [3.63, 3.8) is 0 Å². The third-order valence-electron chi connectivity index (χ3n) is 4.81. The highest BCUT2D eigenvalue weighted by atomic mass is 35.5. The lowest BCUT2D eigenvalue weighted by Crippen LogP contribution is -2.52. The molecule has 0 bridgehead atoms. The van der Waals surface area contributed by atoms with Gasteiger partial charge in [-0.05, 0) is 50.6 Å². The summed E-state index contributed by atoms with van der Waals surface area (Å²) in [4.78, 5) is 27.2. The minimum absolute atomic E-state index is 0.0855. The number of rotatable bonds is 9. The van der Waals surface area contributed by atoms with Crippen molar-refractivity contribution in [1.82, 2.24) is 10.2 Å². The number of halogens is 4. The Morgan fingerprint density at radius 3 is 2.18 bits per heavy atom. The second-order valence-electron chi connectivity index (χ2n) is 7.98. The van der Waals surface area contributed by atoms with Gasteiger partial charge in [0, 0.05) is 18.7 Å². The van der Waals surface area contributed by atoms with Gasteiger partial charge in [0.2, 0.25) is 21.8 Å². The molecule has 2 aromatic carbocycles. The lowest BCUT2D eigenvalue weighted by molar-refractivity contribution is -0.139. The maximum atomic E-state index is 13.8. The number of carbonyl (C=O) groups is 2. The lowest BCUT2D eigenvalue weighted by atomic mass is 10.1. The molecule has 0 radical (unpaired) electrons. The zero-order valence-corrected chi connectivity index (χ0v) is 21.3. The average molecular weight is 536 g/mol. The van der Waals surface area contributed by atoms with Gasteiger partial charge in [-0.15, -0.1) is 0 Å². The molecule has 34 heavy (non-hydrogen) atoms. The van der Waals surface area contributed by atoms with E-state index >= 15 is 0 Å². The van der Waals surface area contributed by atoms with Crippen molar-refractivity contribution in [2.45, 2.75) is 39.4 Å². The van der Waals surface area contributed by atoms with E-state index in [1.807, 2.05) is 0 Å². The van der Waals surface area contributed by atoms with Gasteiger partial charge in [-0.3, -0.25) is 13.9 Å². The molecule has 7 nitrogen and oxygen atoms in total. The quantitative estimate of drug-likeness (QED) is 0.526. The van der Waals surface area contributed by atoms with Crippen LogP contribution in [-0.2, 0) is 26.2 Å². The first-order valence-corrected chi connectivity index (χ1v) is 12.8. The van der Waals surface area contributed by atoms with E-state index in [1.54, 1.807) is 19.9 Å². The first kappa shape index (κ1) is 27.8. The van der Waals surface area contributed by atoms with Crippen LogP contribution in [-0.4, -0.2) is 50.0 Å². The largest absolute Gasteiger partial charge is 0.352 e. The second-order valence-corrected chi connectivity index (χ2v) is 10.7. The summed E-state index contributed by atoms with van der Waals surface area (Å²) in [6.45, 7) is 4.17. The van der Waals surface area contributed by atoms with E-state index in [-0.39, 0.29) is 23.3 Å². The van der Waals surface area contributed by atoms with Crippen molar-refractivity contribution in [2.24, 2.45) is 0 Å². The third kappa shape index (κ3) is 7.28. The molecule has 2 amide bonds. The van der Waals surface area contributed by atoms with Crippen LogP contribution in [0.2, 0.25) is 10.0 Å². The molecule has 0 aliphatic rings. The molecule has 0 heterocycles. The zero-order chi connectivity index (χ0) is 25.8. The zero-order valence-electron chi connectivity index (χ0n) is 19.0. The number of hydrogen-bond donors (Lipinski definition) is 1. The first-order chi connectivity index (χ1) is 15.7. The molecule has 0 aromatic heterocycles. The maximum Gasteiger partial charge on any atom is 0.244 e. The van der Waals surface area contributed by atoms with Gasteiger partial charge < -0.3 is 10.2 Å².